The normalized spacial score (nSPS) is 17.7. The number of ether oxygens (including phenoxy) is 1. The number of aromatic nitrogens is 1. The molecule has 2 rings (SSSR count). The second-order valence-electron chi connectivity index (χ2n) is 4.81. The Bertz CT molecular complexity index is 478. The van der Waals surface area contributed by atoms with Crippen molar-refractivity contribution in [1.82, 2.24) is 9.88 Å². The summed E-state index contributed by atoms with van der Waals surface area (Å²) in [6, 6.07) is 0.975. The molecule has 1 aliphatic heterocycles. The molecule has 2 heterocycles. The van der Waals surface area contributed by atoms with E-state index in [2.05, 4.69) is 15.2 Å². The first-order valence-corrected chi connectivity index (χ1v) is 6.51. The smallest absolute Gasteiger partial charge is 0.339 e. The maximum absolute atomic E-state index is 13.0. The number of hydrogen-bond acceptors (Lipinski definition) is 5. The highest BCUT2D eigenvalue weighted by molar-refractivity contribution is 5.93. The minimum Gasteiger partial charge on any atom is -0.478 e. The molecule has 1 atom stereocenters. The lowest BCUT2D eigenvalue weighted by Gasteiger charge is -2.29. The first-order chi connectivity index (χ1) is 9.56. The van der Waals surface area contributed by atoms with Crippen LogP contribution in [0.2, 0.25) is 0 Å². The van der Waals surface area contributed by atoms with Crippen LogP contribution in [0.25, 0.3) is 0 Å². The van der Waals surface area contributed by atoms with Gasteiger partial charge in [-0.25, -0.2) is 14.2 Å². The van der Waals surface area contributed by atoms with Crippen LogP contribution in [0.1, 0.15) is 17.3 Å². The zero-order chi connectivity index (χ0) is 14.5. The number of halogens is 1. The van der Waals surface area contributed by atoms with Crippen molar-refractivity contribution in [1.29, 1.82) is 0 Å². The molecular formula is C13H18FN3O3. The Labute approximate surface area is 116 Å². The molecule has 0 bridgehead atoms. The van der Waals surface area contributed by atoms with E-state index in [9.17, 15) is 9.18 Å². The average molecular weight is 283 g/mol. The number of hydrogen-bond donors (Lipinski definition) is 2. The van der Waals surface area contributed by atoms with Gasteiger partial charge in [0.05, 0.1) is 19.4 Å². The Balaban J connectivity index is 1.99. The van der Waals surface area contributed by atoms with Gasteiger partial charge in [-0.15, -0.1) is 0 Å². The number of nitrogens with one attached hydrogen (secondary N) is 1. The van der Waals surface area contributed by atoms with E-state index < -0.39 is 11.8 Å². The van der Waals surface area contributed by atoms with Crippen molar-refractivity contribution < 1.29 is 19.0 Å². The van der Waals surface area contributed by atoms with Crippen LogP contribution in [-0.4, -0.2) is 59.8 Å². The molecule has 0 amide bonds. The molecule has 0 aromatic carbocycles. The van der Waals surface area contributed by atoms with Crippen molar-refractivity contribution in [2.24, 2.45) is 0 Å². The molecule has 1 fully saturated rings. The Hall–Kier alpha value is -1.73. The van der Waals surface area contributed by atoms with Gasteiger partial charge < -0.3 is 15.2 Å². The number of pyridine rings is 1. The van der Waals surface area contributed by atoms with E-state index in [0.717, 1.165) is 31.9 Å². The average Bonchev–Trinajstić information content (AvgIpc) is 2.41. The Morgan fingerprint density at radius 2 is 2.30 bits per heavy atom. The molecule has 2 N–H and O–H groups in total. The van der Waals surface area contributed by atoms with Crippen LogP contribution in [0.3, 0.4) is 0 Å². The topological polar surface area (TPSA) is 74.7 Å². The monoisotopic (exact) mass is 283 g/mol. The number of morpholine rings is 1. The van der Waals surface area contributed by atoms with Gasteiger partial charge in [0, 0.05) is 25.7 Å². The zero-order valence-electron chi connectivity index (χ0n) is 11.3. The predicted molar refractivity (Wildman–Crippen MR) is 71.5 cm³/mol. The summed E-state index contributed by atoms with van der Waals surface area (Å²) >= 11 is 0. The molecule has 0 aliphatic carbocycles. The summed E-state index contributed by atoms with van der Waals surface area (Å²) in [4.78, 5) is 17.1. The van der Waals surface area contributed by atoms with Crippen molar-refractivity contribution in [3.05, 3.63) is 23.6 Å². The lowest BCUT2D eigenvalue weighted by atomic mass is 10.2. The van der Waals surface area contributed by atoms with Crippen LogP contribution < -0.4 is 5.32 Å². The van der Waals surface area contributed by atoms with Gasteiger partial charge in [0.1, 0.15) is 17.2 Å². The number of carboxylic acids is 1. The number of carbonyl (C=O) groups is 1. The second kappa shape index (κ2) is 6.62. The maximum Gasteiger partial charge on any atom is 0.339 e. The summed E-state index contributed by atoms with van der Waals surface area (Å²) in [5, 5.41) is 12.1. The van der Waals surface area contributed by atoms with Gasteiger partial charge in [-0.05, 0) is 13.0 Å². The van der Waals surface area contributed by atoms with Gasteiger partial charge in [-0.1, -0.05) is 0 Å². The van der Waals surface area contributed by atoms with E-state index in [1.807, 2.05) is 6.92 Å². The highest BCUT2D eigenvalue weighted by Crippen LogP contribution is 2.15. The van der Waals surface area contributed by atoms with Crippen LogP contribution in [0.5, 0.6) is 0 Å². The quantitative estimate of drug-likeness (QED) is 0.841. The minimum absolute atomic E-state index is 0.00385. The first kappa shape index (κ1) is 14.7. The molecule has 1 saturated heterocycles. The summed E-state index contributed by atoms with van der Waals surface area (Å²) in [5.41, 5.74) is -0.154. The molecule has 0 spiro atoms. The maximum atomic E-state index is 13.0. The molecule has 1 aromatic rings. The van der Waals surface area contributed by atoms with E-state index in [0.29, 0.717) is 13.2 Å². The van der Waals surface area contributed by atoms with E-state index in [4.69, 9.17) is 9.84 Å². The molecule has 1 aliphatic rings. The van der Waals surface area contributed by atoms with Gasteiger partial charge >= 0.3 is 5.97 Å². The fraction of sp³-hybridized carbons (Fsp3) is 0.538. The van der Waals surface area contributed by atoms with Crippen LogP contribution in [-0.2, 0) is 4.74 Å². The summed E-state index contributed by atoms with van der Waals surface area (Å²) in [5.74, 6) is -1.66. The van der Waals surface area contributed by atoms with E-state index in [-0.39, 0.29) is 17.4 Å². The molecular weight excluding hydrogens is 265 g/mol. The van der Waals surface area contributed by atoms with Crippen molar-refractivity contribution in [3.63, 3.8) is 0 Å². The number of nitrogens with zero attached hydrogens (tertiary/aromatic N) is 2. The highest BCUT2D eigenvalue weighted by Gasteiger charge is 2.17. The Morgan fingerprint density at radius 1 is 1.60 bits per heavy atom. The van der Waals surface area contributed by atoms with Crippen LogP contribution in [0.4, 0.5) is 10.2 Å². The van der Waals surface area contributed by atoms with E-state index in [1.165, 1.54) is 0 Å². The first-order valence-electron chi connectivity index (χ1n) is 6.51. The van der Waals surface area contributed by atoms with Gasteiger partial charge in [-0.2, -0.15) is 0 Å². The highest BCUT2D eigenvalue weighted by atomic mass is 19.1. The minimum atomic E-state index is -1.20. The molecule has 6 nitrogen and oxygen atoms in total. The second-order valence-corrected chi connectivity index (χ2v) is 4.81. The number of anilines is 1. The lowest BCUT2D eigenvalue weighted by molar-refractivity contribution is 0.0368. The van der Waals surface area contributed by atoms with Gasteiger partial charge in [-0.3, -0.25) is 4.90 Å². The zero-order valence-corrected chi connectivity index (χ0v) is 11.3. The fourth-order valence-electron chi connectivity index (χ4n) is 2.17. The van der Waals surface area contributed by atoms with Crippen LogP contribution in [0, 0.1) is 5.82 Å². The van der Waals surface area contributed by atoms with Crippen LogP contribution >= 0.6 is 0 Å². The fourth-order valence-corrected chi connectivity index (χ4v) is 2.17. The number of aromatic carboxylic acids is 1. The third-order valence-electron chi connectivity index (χ3n) is 3.10. The SMILES string of the molecule is CC(CN1CCOCC1)Nc1ncc(F)cc1C(=O)O. The van der Waals surface area contributed by atoms with E-state index >= 15 is 0 Å². The molecule has 1 aromatic heterocycles. The number of rotatable bonds is 5. The molecule has 20 heavy (non-hydrogen) atoms. The van der Waals surface area contributed by atoms with Crippen LogP contribution in [0.15, 0.2) is 12.3 Å². The van der Waals surface area contributed by atoms with Gasteiger partial charge in [0.2, 0.25) is 0 Å². The van der Waals surface area contributed by atoms with E-state index in [1.54, 1.807) is 0 Å². The molecule has 0 radical (unpaired) electrons. The van der Waals surface area contributed by atoms with Crippen molar-refractivity contribution in [2.75, 3.05) is 38.2 Å². The molecule has 110 valence electrons. The molecule has 0 saturated carbocycles. The summed E-state index contributed by atoms with van der Waals surface area (Å²) in [6.07, 6.45) is 1.01. The largest absolute Gasteiger partial charge is 0.478 e. The summed E-state index contributed by atoms with van der Waals surface area (Å²) in [7, 11) is 0. The van der Waals surface area contributed by atoms with Crippen molar-refractivity contribution in [2.45, 2.75) is 13.0 Å². The number of carboxylic acid groups (broad SMARTS) is 1. The summed E-state index contributed by atoms with van der Waals surface area (Å²) < 4.78 is 18.3. The van der Waals surface area contributed by atoms with Crippen molar-refractivity contribution >= 4 is 11.8 Å². The Morgan fingerprint density at radius 3 is 2.95 bits per heavy atom. The standard InChI is InChI=1S/C13H18FN3O3/c1-9(8-17-2-4-20-5-3-17)16-12-11(13(18)19)6-10(14)7-15-12/h6-7,9H,2-5,8H2,1H3,(H,15,16)(H,18,19). The third kappa shape index (κ3) is 3.88. The molecule has 7 heteroatoms. The lowest BCUT2D eigenvalue weighted by Crippen LogP contribution is -2.42. The van der Waals surface area contributed by atoms with Gasteiger partial charge in [0.25, 0.3) is 0 Å². The molecule has 1 unspecified atom stereocenters. The van der Waals surface area contributed by atoms with Crippen molar-refractivity contribution in [3.8, 4) is 0 Å². The predicted octanol–water partition coefficient (Wildman–Crippen LogP) is 1.05. The van der Waals surface area contributed by atoms with Gasteiger partial charge in [0.15, 0.2) is 0 Å². The summed E-state index contributed by atoms with van der Waals surface area (Å²) in [6.45, 7) is 5.82. The Kier molecular flexibility index (Phi) is 4.86. The third-order valence-corrected chi connectivity index (χ3v) is 3.10.